The van der Waals surface area contributed by atoms with Gasteiger partial charge >= 0.3 is 0 Å². The molecule has 1 aromatic heterocycles. The van der Waals surface area contributed by atoms with E-state index in [-0.39, 0.29) is 11.9 Å². The monoisotopic (exact) mass is 271 g/mol. The fraction of sp³-hybridized carbons (Fsp3) is 0.357. The van der Waals surface area contributed by atoms with Gasteiger partial charge in [0.2, 0.25) is 5.91 Å². The van der Waals surface area contributed by atoms with Gasteiger partial charge in [0.05, 0.1) is 0 Å². The van der Waals surface area contributed by atoms with Gasteiger partial charge in [-0.3, -0.25) is 4.79 Å². The molecule has 0 radical (unpaired) electrons. The predicted molar refractivity (Wildman–Crippen MR) is 75.7 cm³/mol. The van der Waals surface area contributed by atoms with Crippen LogP contribution in [0.25, 0.3) is 11.4 Å². The highest BCUT2D eigenvalue weighted by atomic mass is 16.2. The number of benzene rings is 1. The van der Waals surface area contributed by atoms with E-state index in [1.165, 1.54) is 0 Å². The molecule has 0 aliphatic heterocycles. The van der Waals surface area contributed by atoms with E-state index in [1.54, 1.807) is 11.0 Å². The largest absolute Gasteiger partial charge is 0.399 e. The molecule has 1 aliphatic carbocycles. The van der Waals surface area contributed by atoms with Gasteiger partial charge in [0.15, 0.2) is 5.82 Å². The average Bonchev–Trinajstić information content (AvgIpc) is 3.11. The molecule has 2 aromatic rings. The van der Waals surface area contributed by atoms with Crippen LogP contribution in [0.2, 0.25) is 0 Å². The normalized spacial score (nSPS) is 15.8. The van der Waals surface area contributed by atoms with Gasteiger partial charge in [-0.2, -0.15) is 5.10 Å². The summed E-state index contributed by atoms with van der Waals surface area (Å²) in [5, 5.41) is 7.32. The summed E-state index contributed by atoms with van der Waals surface area (Å²) in [6.07, 6.45) is 3.73. The number of carbonyl (C=O) groups excluding carboxylic acids is 1. The molecule has 3 N–H and O–H groups in total. The van der Waals surface area contributed by atoms with Crippen molar-refractivity contribution >= 4 is 11.6 Å². The van der Waals surface area contributed by atoms with Crippen molar-refractivity contribution in [2.75, 3.05) is 5.73 Å². The maximum Gasteiger partial charge on any atom is 0.244 e. The number of nitrogen functional groups attached to an aromatic ring is 1. The van der Waals surface area contributed by atoms with E-state index < -0.39 is 0 Å². The second kappa shape index (κ2) is 4.96. The van der Waals surface area contributed by atoms with Crippen molar-refractivity contribution in [1.29, 1.82) is 0 Å². The van der Waals surface area contributed by atoms with Gasteiger partial charge in [-0.15, -0.1) is 0 Å². The first-order valence-electron chi connectivity index (χ1n) is 6.71. The fourth-order valence-corrected chi connectivity index (χ4v) is 1.94. The number of amides is 1. The van der Waals surface area contributed by atoms with Crippen LogP contribution in [-0.4, -0.2) is 26.7 Å². The molecule has 1 heterocycles. The first-order valence-corrected chi connectivity index (χ1v) is 6.71. The standard InChI is InChI=1S/C14H17N5O/c1-9(14(20)17-12-5-6-12)19-8-16-13(18-19)10-3-2-4-11(15)7-10/h2-4,7-9,12H,5-6,15H2,1H3,(H,17,20). The lowest BCUT2D eigenvalue weighted by Gasteiger charge is -2.11. The smallest absolute Gasteiger partial charge is 0.244 e. The van der Waals surface area contributed by atoms with Crippen LogP contribution in [0.1, 0.15) is 25.8 Å². The van der Waals surface area contributed by atoms with Crippen LogP contribution in [0, 0.1) is 0 Å². The highest BCUT2D eigenvalue weighted by Crippen LogP contribution is 2.21. The van der Waals surface area contributed by atoms with E-state index in [9.17, 15) is 4.79 Å². The molecular weight excluding hydrogens is 254 g/mol. The first-order chi connectivity index (χ1) is 9.63. The quantitative estimate of drug-likeness (QED) is 0.822. The Morgan fingerprint density at radius 2 is 2.30 bits per heavy atom. The maximum atomic E-state index is 12.0. The van der Waals surface area contributed by atoms with Crippen molar-refractivity contribution in [1.82, 2.24) is 20.1 Å². The first kappa shape index (κ1) is 12.7. The van der Waals surface area contributed by atoms with E-state index in [0.717, 1.165) is 18.4 Å². The number of anilines is 1. The van der Waals surface area contributed by atoms with Crippen molar-refractivity contribution in [2.45, 2.75) is 31.8 Å². The SMILES string of the molecule is CC(C(=O)NC1CC1)n1cnc(-c2cccc(N)c2)n1. The Morgan fingerprint density at radius 1 is 1.50 bits per heavy atom. The molecule has 1 unspecified atom stereocenters. The highest BCUT2D eigenvalue weighted by molar-refractivity contribution is 5.80. The molecule has 1 atom stereocenters. The molecule has 0 spiro atoms. The average molecular weight is 271 g/mol. The predicted octanol–water partition coefficient (Wildman–Crippen LogP) is 1.37. The minimum atomic E-state index is -0.363. The zero-order chi connectivity index (χ0) is 14.1. The summed E-state index contributed by atoms with van der Waals surface area (Å²) in [4.78, 5) is 16.2. The Bertz CT molecular complexity index is 632. The number of hydrogen-bond acceptors (Lipinski definition) is 4. The van der Waals surface area contributed by atoms with Crippen LogP contribution in [0.5, 0.6) is 0 Å². The fourth-order valence-electron chi connectivity index (χ4n) is 1.94. The molecule has 6 nitrogen and oxygen atoms in total. The van der Waals surface area contributed by atoms with E-state index in [1.807, 2.05) is 31.2 Å². The third-order valence-corrected chi connectivity index (χ3v) is 3.35. The van der Waals surface area contributed by atoms with Crippen LogP contribution in [0.3, 0.4) is 0 Å². The summed E-state index contributed by atoms with van der Waals surface area (Å²) in [6, 6.07) is 7.36. The molecule has 1 fully saturated rings. The topological polar surface area (TPSA) is 85.8 Å². The van der Waals surface area contributed by atoms with Gasteiger partial charge in [-0.05, 0) is 31.9 Å². The van der Waals surface area contributed by atoms with Crippen LogP contribution >= 0.6 is 0 Å². The third kappa shape index (κ3) is 2.64. The lowest BCUT2D eigenvalue weighted by molar-refractivity contribution is -0.124. The molecule has 0 saturated heterocycles. The maximum absolute atomic E-state index is 12.0. The molecule has 104 valence electrons. The van der Waals surface area contributed by atoms with Crippen molar-refractivity contribution in [3.05, 3.63) is 30.6 Å². The minimum Gasteiger partial charge on any atom is -0.399 e. The zero-order valence-electron chi connectivity index (χ0n) is 11.3. The van der Waals surface area contributed by atoms with Gasteiger partial charge in [0.25, 0.3) is 0 Å². The van der Waals surface area contributed by atoms with Gasteiger partial charge in [0, 0.05) is 17.3 Å². The molecule has 6 heteroatoms. The molecule has 1 saturated carbocycles. The van der Waals surface area contributed by atoms with Gasteiger partial charge in [-0.25, -0.2) is 9.67 Å². The van der Waals surface area contributed by atoms with Crippen molar-refractivity contribution in [2.24, 2.45) is 0 Å². The second-order valence-corrected chi connectivity index (χ2v) is 5.13. The molecule has 3 rings (SSSR count). The summed E-state index contributed by atoms with van der Waals surface area (Å²) in [5.74, 6) is 0.555. The molecule has 0 bridgehead atoms. The Balaban J connectivity index is 1.77. The van der Waals surface area contributed by atoms with Crippen LogP contribution in [0.4, 0.5) is 5.69 Å². The Kier molecular flexibility index (Phi) is 3.14. The van der Waals surface area contributed by atoms with Crippen LogP contribution < -0.4 is 11.1 Å². The number of aromatic nitrogens is 3. The second-order valence-electron chi connectivity index (χ2n) is 5.13. The van der Waals surface area contributed by atoms with E-state index >= 15 is 0 Å². The third-order valence-electron chi connectivity index (χ3n) is 3.35. The Morgan fingerprint density at radius 3 is 3.00 bits per heavy atom. The van der Waals surface area contributed by atoms with Crippen LogP contribution in [0.15, 0.2) is 30.6 Å². The summed E-state index contributed by atoms with van der Waals surface area (Å²) < 4.78 is 1.58. The van der Waals surface area contributed by atoms with Gasteiger partial charge in [-0.1, -0.05) is 12.1 Å². The lowest BCUT2D eigenvalue weighted by atomic mass is 10.2. The van der Waals surface area contributed by atoms with E-state index in [0.29, 0.717) is 17.6 Å². The van der Waals surface area contributed by atoms with Crippen LogP contribution in [-0.2, 0) is 4.79 Å². The number of nitrogens with one attached hydrogen (secondary N) is 1. The van der Waals surface area contributed by atoms with E-state index in [2.05, 4.69) is 15.4 Å². The summed E-state index contributed by atoms with van der Waals surface area (Å²) >= 11 is 0. The van der Waals surface area contributed by atoms with E-state index in [4.69, 9.17) is 5.73 Å². The number of hydrogen-bond donors (Lipinski definition) is 2. The summed E-state index contributed by atoms with van der Waals surface area (Å²) in [7, 11) is 0. The Hall–Kier alpha value is -2.37. The summed E-state index contributed by atoms with van der Waals surface area (Å²) in [5.41, 5.74) is 7.26. The number of nitrogens with zero attached hydrogens (tertiary/aromatic N) is 3. The Labute approximate surface area is 117 Å². The molecule has 1 aromatic carbocycles. The van der Waals surface area contributed by atoms with Crippen molar-refractivity contribution in [3.63, 3.8) is 0 Å². The molecule has 1 aliphatic rings. The highest BCUT2D eigenvalue weighted by Gasteiger charge is 2.26. The molecule has 1 amide bonds. The number of carbonyl (C=O) groups is 1. The summed E-state index contributed by atoms with van der Waals surface area (Å²) in [6.45, 7) is 1.82. The molecular formula is C14H17N5O. The van der Waals surface area contributed by atoms with Crippen molar-refractivity contribution in [3.8, 4) is 11.4 Å². The van der Waals surface area contributed by atoms with Crippen molar-refractivity contribution < 1.29 is 4.79 Å². The number of nitrogens with two attached hydrogens (primary N) is 1. The zero-order valence-corrected chi connectivity index (χ0v) is 11.3. The lowest BCUT2D eigenvalue weighted by Crippen LogP contribution is -2.32. The molecule has 20 heavy (non-hydrogen) atoms. The minimum absolute atomic E-state index is 0.0171. The number of rotatable bonds is 4. The van der Waals surface area contributed by atoms with Gasteiger partial charge in [0.1, 0.15) is 12.4 Å². The van der Waals surface area contributed by atoms with Gasteiger partial charge < -0.3 is 11.1 Å².